The maximum absolute atomic E-state index is 12.4. The number of benzene rings is 1. The molecule has 0 bridgehead atoms. The average Bonchev–Trinajstić information content (AvgIpc) is 3.04. The summed E-state index contributed by atoms with van der Waals surface area (Å²) in [6.07, 6.45) is 0.853. The van der Waals surface area contributed by atoms with Crippen LogP contribution in [0.15, 0.2) is 36.5 Å². The highest BCUT2D eigenvalue weighted by Crippen LogP contribution is 2.21. The van der Waals surface area contributed by atoms with Crippen molar-refractivity contribution in [1.29, 1.82) is 0 Å². The number of aromatic carboxylic acids is 1. The second kappa shape index (κ2) is 7.73. The number of anilines is 1. The van der Waals surface area contributed by atoms with Crippen LogP contribution in [0.5, 0.6) is 0 Å². The third-order valence-electron chi connectivity index (χ3n) is 4.63. The van der Waals surface area contributed by atoms with Gasteiger partial charge >= 0.3 is 5.97 Å². The summed E-state index contributed by atoms with van der Waals surface area (Å²) < 4.78 is 1.25. The Hall–Kier alpha value is -3.50. The van der Waals surface area contributed by atoms with Crippen molar-refractivity contribution >= 4 is 46.2 Å². The highest BCUT2D eigenvalue weighted by molar-refractivity contribution is 6.30. The molecule has 30 heavy (non-hydrogen) atoms. The first-order valence-corrected chi connectivity index (χ1v) is 9.32. The maximum Gasteiger partial charge on any atom is 0.372 e. The molecule has 11 heteroatoms. The van der Waals surface area contributed by atoms with E-state index in [-0.39, 0.29) is 42.7 Å². The Morgan fingerprint density at radius 2 is 1.97 bits per heavy atom. The molecular formula is C19H16ClN5O5. The van der Waals surface area contributed by atoms with E-state index in [4.69, 9.17) is 11.6 Å². The van der Waals surface area contributed by atoms with E-state index in [9.17, 15) is 24.6 Å². The third kappa shape index (κ3) is 3.82. The number of aliphatic hydroxyl groups is 1. The Kier molecular flexibility index (Phi) is 5.10. The second-order valence-corrected chi connectivity index (χ2v) is 7.24. The number of nitrogens with one attached hydrogen (secondary N) is 1. The molecule has 0 saturated carbocycles. The molecule has 1 aromatic carbocycles. The van der Waals surface area contributed by atoms with Crippen LogP contribution in [0.3, 0.4) is 0 Å². The van der Waals surface area contributed by atoms with E-state index in [1.165, 1.54) is 33.9 Å². The molecule has 1 saturated heterocycles. The number of rotatable bonds is 5. The fraction of sp³-hybridized carbons (Fsp3) is 0.211. The fourth-order valence-electron chi connectivity index (χ4n) is 3.17. The monoisotopic (exact) mass is 429 g/mol. The summed E-state index contributed by atoms with van der Waals surface area (Å²) in [6.45, 7) is 0.198. The van der Waals surface area contributed by atoms with Gasteiger partial charge in [-0.25, -0.2) is 14.8 Å². The lowest BCUT2D eigenvalue weighted by atomic mass is 10.1. The number of β-amino-alcohol motifs (C(OH)–C–C–N with tert-alkyl or cyclic N) is 1. The van der Waals surface area contributed by atoms with Crippen molar-refractivity contribution in [2.75, 3.05) is 18.4 Å². The first-order chi connectivity index (χ1) is 14.3. The number of hydrogen-bond acceptors (Lipinski definition) is 6. The minimum absolute atomic E-state index is 0.255. The number of hydrogen-bond donors (Lipinski definition) is 3. The minimum atomic E-state index is -1.30. The smallest absolute Gasteiger partial charge is 0.372 e. The molecule has 1 aliphatic rings. The van der Waals surface area contributed by atoms with E-state index in [1.807, 2.05) is 0 Å². The number of carboxylic acids is 1. The molecule has 2 aromatic heterocycles. The van der Waals surface area contributed by atoms with E-state index >= 15 is 0 Å². The molecule has 1 fully saturated rings. The number of halogens is 1. The number of carbonyl (C=O) groups excluding carboxylic acids is 2. The average molecular weight is 430 g/mol. The highest BCUT2D eigenvalue weighted by atomic mass is 35.5. The molecule has 0 aliphatic carbocycles. The molecule has 10 nitrogen and oxygen atoms in total. The van der Waals surface area contributed by atoms with Crippen LogP contribution >= 0.6 is 11.6 Å². The second-order valence-electron chi connectivity index (χ2n) is 6.80. The number of carbonyl (C=O) groups is 3. The predicted octanol–water partition coefficient (Wildman–Crippen LogP) is 1.24. The number of aromatic nitrogens is 3. The minimum Gasteiger partial charge on any atom is -0.475 e. The lowest BCUT2D eigenvalue weighted by Crippen LogP contribution is -2.53. The van der Waals surface area contributed by atoms with Gasteiger partial charge in [0, 0.05) is 24.8 Å². The molecule has 0 radical (unpaired) electrons. The van der Waals surface area contributed by atoms with E-state index in [0.717, 1.165) is 0 Å². The molecule has 3 N–H and O–H groups in total. The SMILES string of the molecule is O=C(Cn1c(C(=O)O)nc2cc(C(=O)N3CC(O)C3)ccc21)Nc1ccc(Cl)cn1. The number of fused-ring (bicyclic) bond motifs is 1. The van der Waals surface area contributed by atoms with Crippen molar-refractivity contribution in [3.05, 3.63) is 52.9 Å². The first-order valence-electron chi connectivity index (χ1n) is 8.94. The van der Waals surface area contributed by atoms with Gasteiger partial charge in [0.25, 0.3) is 5.91 Å². The standard InChI is InChI=1S/C19H16ClN5O5/c20-11-2-4-15(21-6-11)23-16(27)9-25-14-3-1-10(18(28)24-7-12(26)8-24)5-13(14)22-17(25)19(29)30/h1-6,12,26H,7-9H2,(H,29,30)(H,21,23,27). The van der Waals surface area contributed by atoms with Gasteiger partial charge in [-0.2, -0.15) is 0 Å². The summed E-state index contributed by atoms with van der Waals surface area (Å²) in [5.74, 6) is -2.13. The van der Waals surface area contributed by atoms with Gasteiger partial charge in [0.1, 0.15) is 12.4 Å². The normalized spacial score (nSPS) is 13.9. The Morgan fingerprint density at radius 3 is 2.60 bits per heavy atom. The van der Waals surface area contributed by atoms with Gasteiger partial charge in [-0.15, -0.1) is 0 Å². The molecule has 1 aliphatic heterocycles. The zero-order chi connectivity index (χ0) is 21.4. The summed E-state index contributed by atoms with van der Waals surface area (Å²) in [4.78, 5) is 46.0. The molecule has 3 aromatic rings. The lowest BCUT2D eigenvalue weighted by Gasteiger charge is -2.35. The highest BCUT2D eigenvalue weighted by Gasteiger charge is 2.30. The number of aliphatic hydroxyl groups excluding tert-OH is 1. The lowest BCUT2D eigenvalue weighted by molar-refractivity contribution is -0.116. The predicted molar refractivity (Wildman–Crippen MR) is 106 cm³/mol. The van der Waals surface area contributed by atoms with Crippen LogP contribution in [0.25, 0.3) is 11.0 Å². The van der Waals surface area contributed by atoms with E-state index in [0.29, 0.717) is 16.1 Å². The van der Waals surface area contributed by atoms with Gasteiger partial charge in [0.05, 0.1) is 22.2 Å². The van der Waals surface area contributed by atoms with Crippen LogP contribution in [-0.2, 0) is 11.3 Å². The van der Waals surface area contributed by atoms with Crippen LogP contribution in [0.1, 0.15) is 21.0 Å². The summed E-state index contributed by atoms with van der Waals surface area (Å²) in [7, 11) is 0. The Morgan fingerprint density at radius 1 is 1.20 bits per heavy atom. The third-order valence-corrected chi connectivity index (χ3v) is 4.86. The maximum atomic E-state index is 12.4. The molecule has 0 spiro atoms. The summed E-state index contributed by atoms with van der Waals surface area (Å²) in [5, 5.41) is 21.8. The number of amides is 2. The van der Waals surface area contributed by atoms with Crippen molar-refractivity contribution in [3.8, 4) is 0 Å². The molecule has 154 valence electrons. The zero-order valence-corrected chi connectivity index (χ0v) is 16.2. The molecule has 0 unspecified atom stereocenters. The van der Waals surface area contributed by atoms with E-state index < -0.39 is 18.0 Å². The summed E-state index contributed by atoms with van der Waals surface area (Å²) in [6, 6.07) is 7.65. The number of imidazole rings is 1. The Balaban J connectivity index is 1.60. The molecule has 2 amide bonds. The molecule has 4 rings (SSSR count). The van der Waals surface area contributed by atoms with Crippen LogP contribution in [0.2, 0.25) is 5.02 Å². The van der Waals surface area contributed by atoms with Crippen LogP contribution < -0.4 is 5.32 Å². The largest absolute Gasteiger partial charge is 0.475 e. The Bertz CT molecular complexity index is 1150. The van der Waals surface area contributed by atoms with Crippen molar-refractivity contribution in [2.45, 2.75) is 12.6 Å². The van der Waals surface area contributed by atoms with Gasteiger partial charge in [0.15, 0.2) is 0 Å². The quantitative estimate of drug-likeness (QED) is 0.554. The van der Waals surface area contributed by atoms with Crippen LogP contribution in [-0.4, -0.2) is 66.6 Å². The van der Waals surface area contributed by atoms with Crippen LogP contribution in [0, 0.1) is 0 Å². The topological polar surface area (TPSA) is 138 Å². The van der Waals surface area contributed by atoms with Gasteiger partial charge in [-0.05, 0) is 30.3 Å². The number of pyridine rings is 1. The summed E-state index contributed by atoms with van der Waals surface area (Å²) in [5.41, 5.74) is 0.995. The van der Waals surface area contributed by atoms with Gasteiger partial charge < -0.3 is 25.0 Å². The van der Waals surface area contributed by atoms with Crippen molar-refractivity contribution < 1.29 is 24.6 Å². The zero-order valence-electron chi connectivity index (χ0n) is 15.4. The number of likely N-dealkylation sites (tertiary alicyclic amines) is 1. The number of nitrogens with zero attached hydrogens (tertiary/aromatic N) is 4. The van der Waals surface area contributed by atoms with Gasteiger partial charge in [0.2, 0.25) is 11.7 Å². The van der Waals surface area contributed by atoms with Crippen molar-refractivity contribution in [3.63, 3.8) is 0 Å². The van der Waals surface area contributed by atoms with Crippen molar-refractivity contribution in [1.82, 2.24) is 19.4 Å². The number of carboxylic acid groups (broad SMARTS) is 1. The van der Waals surface area contributed by atoms with Gasteiger partial charge in [-0.3, -0.25) is 9.59 Å². The summed E-state index contributed by atoms with van der Waals surface area (Å²) >= 11 is 5.77. The molecule has 0 atom stereocenters. The van der Waals surface area contributed by atoms with Crippen LogP contribution in [0.4, 0.5) is 5.82 Å². The Labute approximate surface area is 174 Å². The van der Waals surface area contributed by atoms with E-state index in [2.05, 4.69) is 15.3 Å². The van der Waals surface area contributed by atoms with Gasteiger partial charge in [-0.1, -0.05) is 11.6 Å². The molecule has 3 heterocycles. The fourth-order valence-corrected chi connectivity index (χ4v) is 3.28. The first kappa shape index (κ1) is 19.8. The van der Waals surface area contributed by atoms with E-state index in [1.54, 1.807) is 12.1 Å². The van der Waals surface area contributed by atoms with Crippen molar-refractivity contribution in [2.24, 2.45) is 0 Å². The molecular weight excluding hydrogens is 414 g/mol.